The number of aliphatic hydroxyl groups excluding tert-OH is 1. The van der Waals surface area contributed by atoms with Crippen molar-refractivity contribution in [1.29, 1.82) is 0 Å². The van der Waals surface area contributed by atoms with Crippen molar-refractivity contribution in [3.8, 4) is 0 Å². The molecule has 0 bridgehead atoms. The summed E-state index contributed by atoms with van der Waals surface area (Å²) in [5, 5.41) is 12.3. The first kappa shape index (κ1) is 13.5. The van der Waals surface area contributed by atoms with E-state index in [4.69, 9.17) is 11.6 Å². The number of benzene rings is 1. The fourth-order valence-electron chi connectivity index (χ4n) is 1.76. The van der Waals surface area contributed by atoms with Crippen LogP contribution in [0.2, 0.25) is 5.02 Å². The minimum atomic E-state index is -0.706. The van der Waals surface area contributed by atoms with E-state index < -0.39 is 17.7 Å². The van der Waals surface area contributed by atoms with Gasteiger partial charge in [0.1, 0.15) is 11.6 Å². The Labute approximate surface area is 113 Å². The van der Waals surface area contributed by atoms with Crippen molar-refractivity contribution in [2.24, 2.45) is 0 Å². The number of aliphatic hydroxyl groups is 1. The molecule has 1 heterocycles. The van der Waals surface area contributed by atoms with Crippen LogP contribution in [0.4, 0.5) is 8.78 Å². The lowest BCUT2D eigenvalue weighted by Gasteiger charge is -2.10. The van der Waals surface area contributed by atoms with Gasteiger partial charge in [0, 0.05) is 17.4 Å². The molecule has 0 aliphatic heterocycles. The smallest absolute Gasteiger partial charge is 0.126 e. The van der Waals surface area contributed by atoms with E-state index in [1.165, 1.54) is 23.5 Å². The van der Waals surface area contributed by atoms with E-state index in [2.05, 4.69) is 0 Å². The Morgan fingerprint density at radius 3 is 2.39 bits per heavy atom. The Balaban J connectivity index is 2.03. The van der Waals surface area contributed by atoms with Gasteiger partial charge >= 0.3 is 0 Å². The van der Waals surface area contributed by atoms with E-state index in [1.807, 2.05) is 5.38 Å². The highest BCUT2D eigenvalue weighted by molar-refractivity contribution is 7.10. The zero-order valence-corrected chi connectivity index (χ0v) is 10.9. The Morgan fingerprint density at radius 1 is 1.17 bits per heavy atom. The van der Waals surface area contributed by atoms with E-state index in [0.29, 0.717) is 17.0 Å². The number of rotatable bonds is 4. The molecule has 1 N–H and O–H groups in total. The van der Waals surface area contributed by atoms with Crippen LogP contribution in [-0.2, 0) is 12.8 Å². The Hall–Kier alpha value is -0.970. The molecule has 18 heavy (non-hydrogen) atoms. The number of hydrogen-bond acceptors (Lipinski definition) is 2. The number of thiophene rings is 1. The summed E-state index contributed by atoms with van der Waals surface area (Å²) >= 11 is 7.37. The van der Waals surface area contributed by atoms with E-state index in [-0.39, 0.29) is 6.42 Å². The molecule has 2 rings (SSSR count). The van der Waals surface area contributed by atoms with Crippen molar-refractivity contribution in [2.75, 3.05) is 0 Å². The predicted octanol–water partition coefficient (Wildman–Crippen LogP) is 3.83. The molecule has 1 unspecified atom stereocenters. The summed E-state index contributed by atoms with van der Waals surface area (Å²) in [5.41, 5.74) is 0.438. The van der Waals surface area contributed by atoms with Crippen LogP contribution in [0.15, 0.2) is 29.6 Å². The minimum absolute atomic E-state index is 0.197. The van der Waals surface area contributed by atoms with Gasteiger partial charge in [-0.05, 0) is 35.6 Å². The highest BCUT2D eigenvalue weighted by Crippen LogP contribution is 2.24. The molecule has 0 fully saturated rings. The van der Waals surface area contributed by atoms with Gasteiger partial charge in [0.2, 0.25) is 0 Å². The second kappa shape index (κ2) is 5.78. The first-order chi connectivity index (χ1) is 8.54. The molecule has 1 nitrogen and oxygen atoms in total. The molecule has 0 radical (unpaired) electrons. The lowest BCUT2D eigenvalue weighted by Crippen LogP contribution is -2.13. The van der Waals surface area contributed by atoms with Crippen molar-refractivity contribution in [1.82, 2.24) is 0 Å². The monoisotopic (exact) mass is 288 g/mol. The van der Waals surface area contributed by atoms with Crippen LogP contribution in [0.3, 0.4) is 0 Å². The maximum atomic E-state index is 13.0. The van der Waals surface area contributed by atoms with Crippen molar-refractivity contribution in [2.45, 2.75) is 18.9 Å². The van der Waals surface area contributed by atoms with Crippen molar-refractivity contribution in [3.05, 3.63) is 56.7 Å². The van der Waals surface area contributed by atoms with E-state index in [1.54, 1.807) is 6.07 Å². The Morgan fingerprint density at radius 2 is 1.83 bits per heavy atom. The SMILES string of the molecule is OC(Cc1cc(F)cc(F)c1)Cc1sccc1Cl. The normalized spacial score (nSPS) is 12.7. The summed E-state index contributed by atoms with van der Waals surface area (Å²) in [6.45, 7) is 0. The fraction of sp³-hybridized carbons (Fsp3) is 0.231. The van der Waals surface area contributed by atoms with Gasteiger partial charge in [0.25, 0.3) is 0 Å². The van der Waals surface area contributed by atoms with Crippen LogP contribution in [-0.4, -0.2) is 11.2 Å². The van der Waals surface area contributed by atoms with Crippen molar-refractivity contribution >= 4 is 22.9 Å². The molecule has 0 saturated heterocycles. The maximum absolute atomic E-state index is 13.0. The Kier molecular flexibility index (Phi) is 4.32. The summed E-state index contributed by atoms with van der Waals surface area (Å²) in [7, 11) is 0. The van der Waals surface area contributed by atoms with Gasteiger partial charge < -0.3 is 5.11 Å². The highest BCUT2D eigenvalue weighted by Gasteiger charge is 2.12. The molecule has 0 spiro atoms. The summed E-state index contributed by atoms with van der Waals surface area (Å²) in [6.07, 6.45) is -0.125. The predicted molar refractivity (Wildman–Crippen MR) is 69.1 cm³/mol. The van der Waals surface area contributed by atoms with Crippen molar-refractivity contribution < 1.29 is 13.9 Å². The van der Waals surface area contributed by atoms with Crippen LogP contribution in [0.25, 0.3) is 0 Å². The first-order valence-corrected chi connectivity index (χ1v) is 6.65. The molecule has 0 saturated carbocycles. The zero-order chi connectivity index (χ0) is 13.1. The first-order valence-electron chi connectivity index (χ1n) is 5.39. The molecular weight excluding hydrogens is 278 g/mol. The van der Waals surface area contributed by atoms with Gasteiger partial charge in [-0.2, -0.15) is 0 Å². The summed E-state index contributed by atoms with van der Waals surface area (Å²) in [5.74, 6) is -1.27. The quantitative estimate of drug-likeness (QED) is 0.907. The highest BCUT2D eigenvalue weighted by atomic mass is 35.5. The van der Waals surface area contributed by atoms with Crippen LogP contribution < -0.4 is 0 Å². The van der Waals surface area contributed by atoms with Crippen LogP contribution in [0.5, 0.6) is 0 Å². The molecule has 1 aromatic carbocycles. The third-order valence-electron chi connectivity index (χ3n) is 2.51. The molecule has 2 aromatic rings. The van der Waals surface area contributed by atoms with Crippen LogP contribution in [0, 0.1) is 11.6 Å². The van der Waals surface area contributed by atoms with Gasteiger partial charge in [0.15, 0.2) is 0 Å². The molecular formula is C13H11ClF2OS. The van der Waals surface area contributed by atoms with E-state index in [0.717, 1.165) is 10.9 Å². The molecule has 0 aliphatic rings. The summed E-state index contributed by atoms with van der Waals surface area (Å²) in [6, 6.07) is 5.02. The van der Waals surface area contributed by atoms with E-state index >= 15 is 0 Å². The molecule has 0 amide bonds. The van der Waals surface area contributed by atoms with Crippen LogP contribution >= 0.6 is 22.9 Å². The third-order valence-corrected chi connectivity index (χ3v) is 3.92. The van der Waals surface area contributed by atoms with Crippen molar-refractivity contribution in [3.63, 3.8) is 0 Å². The average molecular weight is 289 g/mol. The van der Waals surface area contributed by atoms with E-state index in [9.17, 15) is 13.9 Å². The summed E-state index contributed by atoms with van der Waals surface area (Å²) < 4.78 is 26.0. The lowest BCUT2D eigenvalue weighted by molar-refractivity contribution is 0.176. The van der Waals surface area contributed by atoms with Gasteiger partial charge in [-0.25, -0.2) is 8.78 Å². The maximum Gasteiger partial charge on any atom is 0.126 e. The number of hydrogen-bond donors (Lipinski definition) is 1. The number of halogens is 3. The molecule has 96 valence electrons. The molecule has 5 heteroatoms. The second-order valence-corrected chi connectivity index (χ2v) is 5.44. The second-order valence-electron chi connectivity index (χ2n) is 4.03. The van der Waals surface area contributed by atoms with Gasteiger partial charge in [-0.1, -0.05) is 11.6 Å². The lowest BCUT2D eigenvalue weighted by atomic mass is 10.0. The zero-order valence-electron chi connectivity index (χ0n) is 9.37. The standard InChI is InChI=1S/C13H11ClF2OS/c14-12-1-2-18-13(12)7-11(17)5-8-3-9(15)6-10(16)4-8/h1-4,6,11,17H,5,7H2. The molecule has 0 aliphatic carbocycles. The topological polar surface area (TPSA) is 20.2 Å². The summed E-state index contributed by atoms with van der Waals surface area (Å²) in [4.78, 5) is 0.876. The molecule has 1 aromatic heterocycles. The third kappa shape index (κ3) is 3.51. The van der Waals surface area contributed by atoms with Gasteiger partial charge in [0.05, 0.1) is 11.1 Å². The average Bonchev–Trinajstić information content (AvgIpc) is 2.62. The largest absolute Gasteiger partial charge is 0.392 e. The molecule has 1 atom stereocenters. The minimum Gasteiger partial charge on any atom is -0.392 e. The van der Waals surface area contributed by atoms with Gasteiger partial charge in [-0.3, -0.25) is 0 Å². The Bertz CT molecular complexity index is 521. The van der Waals surface area contributed by atoms with Crippen LogP contribution in [0.1, 0.15) is 10.4 Å². The fourth-order valence-corrected chi connectivity index (χ4v) is 2.94. The van der Waals surface area contributed by atoms with Gasteiger partial charge in [-0.15, -0.1) is 11.3 Å².